The van der Waals surface area contributed by atoms with Gasteiger partial charge in [-0.1, -0.05) is 28.9 Å². The Morgan fingerprint density at radius 3 is 2.50 bits per heavy atom. The zero-order valence-corrected chi connectivity index (χ0v) is 12.6. The molecule has 2 amide bonds. The van der Waals surface area contributed by atoms with Gasteiger partial charge in [-0.15, -0.1) is 0 Å². The fourth-order valence-electron chi connectivity index (χ4n) is 2.15. The maximum absolute atomic E-state index is 12.4. The van der Waals surface area contributed by atoms with E-state index in [1.54, 1.807) is 37.3 Å². The molecule has 114 valence electrons. The van der Waals surface area contributed by atoms with Crippen molar-refractivity contribution >= 4 is 34.9 Å². The zero-order valence-electron chi connectivity index (χ0n) is 11.9. The van der Waals surface area contributed by atoms with E-state index in [-0.39, 0.29) is 11.8 Å². The number of anilines is 2. The van der Waals surface area contributed by atoms with Gasteiger partial charge in [0.25, 0.3) is 0 Å². The molecule has 22 heavy (non-hydrogen) atoms. The van der Waals surface area contributed by atoms with E-state index in [1.165, 1.54) is 0 Å². The van der Waals surface area contributed by atoms with E-state index in [0.29, 0.717) is 35.1 Å². The quantitative estimate of drug-likeness (QED) is 0.848. The van der Waals surface area contributed by atoms with E-state index >= 15 is 0 Å². The van der Waals surface area contributed by atoms with Crippen LogP contribution in [0, 0.1) is 12.3 Å². The standard InChI is InChI=1S/C15H14ClN3O3/c1-9-8-12(19-22-9)18-14(21)15(6-7-15)13(20)17-11-5-3-2-4-10(11)16/h2-5,8H,6-7H2,1H3,(H,17,20)(H,18,19,21). The van der Waals surface area contributed by atoms with Gasteiger partial charge in [-0.05, 0) is 31.9 Å². The van der Waals surface area contributed by atoms with Gasteiger partial charge < -0.3 is 15.2 Å². The Hall–Kier alpha value is -2.34. The van der Waals surface area contributed by atoms with Crippen molar-refractivity contribution in [3.63, 3.8) is 0 Å². The molecule has 1 aliphatic rings. The lowest BCUT2D eigenvalue weighted by Crippen LogP contribution is -2.35. The molecule has 1 heterocycles. The van der Waals surface area contributed by atoms with Crippen molar-refractivity contribution < 1.29 is 14.1 Å². The molecular formula is C15H14ClN3O3. The van der Waals surface area contributed by atoms with E-state index in [9.17, 15) is 9.59 Å². The second kappa shape index (κ2) is 5.46. The Bertz CT molecular complexity index is 737. The highest BCUT2D eigenvalue weighted by Gasteiger charge is 2.56. The number of rotatable bonds is 4. The molecule has 0 spiro atoms. The number of halogens is 1. The summed E-state index contributed by atoms with van der Waals surface area (Å²) in [6.07, 6.45) is 0.984. The largest absolute Gasteiger partial charge is 0.360 e. The van der Waals surface area contributed by atoms with Crippen molar-refractivity contribution in [1.82, 2.24) is 5.16 Å². The summed E-state index contributed by atoms with van der Waals surface area (Å²) in [5.74, 6) is 0.142. The first-order valence-corrected chi connectivity index (χ1v) is 7.20. The van der Waals surface area contributed by atoms with Crippen molar-refractivity contribution in [2.24, 2.45) is 5.41 Å². The molecule has 0 aliphatic heterocycles. The molecule has 0 bridgehead atoms. The topological polar surface area (TPSA) is 84.2 Å². The van der Waals surface area contributed by atoms with Gasteiger partial charge in [-0.3, -0.25) is 9.59 Å². The van der Waals surface area contributed by atoms with Gasteiger partial charge in [0, 0.05) is 6.07 Å². The monoisotopic (exact) mass is 319 g/mol. The fraction of sp³-hybridized carbons (Fsp3) is 0.267. The van der Waals surface area contributed by atoms with Crippen LogP contribution in [-0.4, -0.2) is 17.0 Å². The van der Waals surface area contributed by atoms with Gasteiger partial charge in [-0.2, -0.15) is 0 Å². The van der Waals surface area contributed by atoms with Crippen molar-refractivity contribution in [3.05, 3.63) is 41.1 Å². The minimum Gasteiger partial charge on any atom is -0.360 e. The van der Waals surface area contributed by atoms with Gasteiger partial charge in [0.1, 0.15) is 11.2 Å². The predicted octanol–water partition coefficient (Wildman–Crippen LogP) is 2.99. The van der Waals surface area contributed by atoms with E-state index in [4.69, 9.17) is 16.1 Å². The average Bonchev–Trinajstić information content (AvgIpc) is 3.21. The minimum absolute atomic E-state index is 0.305. The highest BCUT2D eigenvalue weighted by molar-refractivity contribution is 6.34. The van der Waals surface area contributed by atoms with Crippen LogP contribution in [0.3, 0.4) is 0 Å². The molecule has 0 atom stereocenters. The first-order valence-electron chi connectivity index (χ1n) is 6.82. The minimum atomic E-state index is -1.06. The second-order valence-electron chi connectivity index (χ2n) is 5.29. The molecule has 0 radical (unpaired) electrons. The van der Waals surface area contributed by atoms with E-state index < -0.39 is 5.41 Å². The van der Waals surface area contributed by atoms with Crippen LogP contribution in [0.5, 0.6) is 0 Å². The van der Waals surface area contributed by atoms with Crippen LogP contribution < -0.4 is 10.6 Å². The lowest BCUT2D eigenvalue weighted by atomic mass is 10.1. The fourth-order valence-corrected chi connectivity index (χ4v) is 2.33. The zero-order chi connectivity index (χ0) is 15.7. The molecule has 3 rings (SSSR count). The number of aromatic nitrogens is 1. The number of amides is 2. The van der Waals surface area contributed by atoms with Crippen molar-refractivity contribution in [2.75, 3.05) is 10.6 Å². The third-order valence-corrected chi connectivity index (χ3v) is 3.94. The lowest BCUT2D eigenvalue weighted by Gasteiger charge is -2.15. The maximum Gasteiger partial charge on any atom is 0.241 e. The van der Waals surface area contributed by atoms with Gasteiger partial charge in [0.15, 0.2) is 5.82 Å². The van der Waals surface area contributed by atoms with E-state index in [1.807, 2.05) is 0 Å². The number of hydrogen-bond donors (Lipinski definition) is 2. The summed E-state index contributed by atoms with van der Waals surface area (Å²) in [4.78, 5) is 24.7. The summed E-state index contributed by atoms with van der Waals surface area (Å²) in [6, 6.07) is 8.49. The Morgan fingerprint density at radius 2 is 1.91 bits per heavy atom. The molecule has 2 N–H and O–H groups in total. The molecule has 0 unspecified atom stereocenters. The normalized spacial score (nSPS) is 15.2. The second-order valence-corrected chi connectivity index (χ2v) is 5.70. The van der Waals surface area contributed by atoms with E-state index in [2.05, 4.69) is 15.8 Å². The Balaban J connectivity index is 1.71. The van der Waals surface area contributed by atoms with Gasteiger partial charge in [0.05, 0.1) is 10.7 Å². The summed E-state index contributed by atoms with van der Waals surface area (Å²) >= 11 is 6.01. The molecule has 1 fully saturated rings. The average molecular weight is 320 g/mol. The molecule has 1 aromatic carbocycles. The molecule has 1 aromatic heterocycles. The third-order valence-electron chi connectivity index (χ3n) is 3.61. The molecular weight excluding hydrogens is 306 g/mol. The Labute approximate surface area is 131 Å². The number of hydrogen-bond acceptors (Lipinski definition) is 4. The molecule has 1 aliphatic carbocycles. The van der Waals surface area contributed by atoms with E-state index in [0.717, 1.165) is 0 Å². The number of nitrogens with one attached hydrogen (secondary N) is 2. The number of benzene rings is 1. The Kier molecular flexibility index (Phi) is 3.62. The summed E-state index contributed by atoms with van der Waals surface area (Å²) in [5, 5.41) is 9.44. The SMILES string of the molecule is Cc1cc(NC(=O)C2(C(=O)Nc3ccccc3Cl)CC2)no1. The van der Waals surface area contributed by atoms with Crippen LogP contribution in [-0.2, 0) is 9.59 Å². The third kappa shape index (κ3) is 2.69. The number of para-hydroxylation sites is 1. The Morgan fingerprint density at radius 1 is 1.23 bits per heavy atom. The van der Waals surface area contributed by atoms with Gasteiger partial charge in [0.2, 0.25) is 11.8 Å². The molecule has 0 saturated heterocycles. The first-order chi connectivity index (χ1) is 10.5. The van der Waals surface area contributed by atoms with Gasteiger partial charge in [-0.25, -0.2) is 0 Å². The number of aryl methyl sites for hydroxylation is 1. The van der Waals surface area contributed by atoms with Crippen LogP contribution in [0.15, 0.2) is 34.9 Å². The smallest absolute Gasteiger partial charge is 0.241 e. The number of carbonyl (C=O) groups is 2. The van der Waals surface area contributed by atoms with Crippen molar-refractivity contribution in [3.8, 4) is 0 Å². The van der Waals surface area contributed by atoms with Crippen LogP contribution in [0.4, 0.5) is 11.5 Å². The maximum atomic E-state index is 12.4. The molecule has 6 nitrogen and oxygen atoms in total. The highest BCUT2D eigenvalue weighted by atomic mass is 35.5. The predicted molar refractivity (Wildman–Crippen MR) is 81.6 cm³/mol. The van der Waals surface area contributed by atoms with Crippen LogP contribution in [0.2, 0.25) is 5.02 Å². The number of carbonyl (C=O) groups excluding carboxylic acids is 2. The molecule has 2 aromatic rings. The summed E-state index contributed by atoms with van der Waals surface area (Å²) in [6.45, 7) is 1.72. The molecule has 7 heteroatoms. The first kappa shape index (κ1) is 14.6. The van der Waals surface area contributed by atoms with Crippen LogP contribution in [0.1, 0.15) is 18.6 Å². The lowest BCUT2D eigenvalue weighted by molar-refractivity contribution is -0.131. The van der Waals surface area contributed by atoms with Crippen molar-refractivity contribution in [1.29, 1.82) is 0 Å². The summed E-state index contributed by atoms with van der Waals surface area (Å²) in [5.41, 5.74) is -0.572. The van der Waals surface area contributed by atoms with Crippen LogP contribution in [0.25, 0.3) is 0 Å². The highest BCUT2D eigenvalue weighted by Crippen LogP contribution is 2.47. The van der Waals surface area contributed by atoms with Crippen LogP contribution >= 0.6 is 11.6 Å². The van der Waals surface area contributed by atoms with Gasteiger partial charge >= 0.3 is 0 Å². The molecule has 1 saturated carbocycles. The number of nitrogens with zero attached hydrogens (tertiary/aromatic N) is 1. The summed E-state index contributed by atoms with van der Waals surface area (Å²) in [7, 11) is 0. The van der Waals surface area contributed by atoms with Crippen molar-refractivity contribution in [2.45, 2.75) is 19.8 Å². The summed E-state index contributed by atoms with van der Waals surface area (Å²) < 4.78 is 4.89.